The number of nitrogens with zero attached hydrogens (tertiary/aromatic N) is 2. The van der Waals surface area contributed by atoms with Gasteiger partial charge in [0.1, 0.15) is 5.60 Å². The Morgan fingerprint density at radius 1 is 1.26 bits per heavy atom. The van der Waals surface area contributed by atoms with E-state index in [2.05, 4.69) is 11.8 Å². The fourth-order valence-electron chi connectivity index (χ4n) is 3.27. The molecule has 2 aliphatic rings. The van der Waals surface area contributed by atoms with Gasteiger partial charge in [0.15, 0.2) is 11.1 Å². The first kappa shape index (κ1) is 16.4. The van der Waals surface area contributed by atoms with Crippen LogP contribution in [0.5, 0.6) is 0 Å². The van der Waals surface area contributed by atoms with Crippen molar-refractivity contribution in [1.82, 2.24) is 4.90 Å². The molecule has 2 aliphatic heterocycles. The van der Waals surface area contributed by atoms with E-state index in [0.717, 1.165) is 43.7 Å². The second kappa shape index (κ2) is 6.59. The lowest BCUT2D eigenvalue weighted by molar-refractivity contribution is 0.00222. The lowest BCUT2D eigenvalue weighted by Gasteiger charge is -2.36. The topological polar surface area (TPSA) is 70.1 Å². The minimum absolute atomic E-state index is 0.0987. The van der Waals surface area contributed by atoms with Crippen LogP contribution in [0, 0.1) is 0 Å². The lowest BCUT2D eigenvalue weighted by Crippen LogP contribution is -2.46. The number of carbonyl (C=O) groups excluding carboxylic acids is 1. The molecule has 0 aliphatic carbocycles. The van der Waals surface area contributed by atoms with Crippen LogP contribution in [0.15, 0.2) is 24.3 Å². The van der Waals surface area contributed by atoms with Gasteiger partial charge in [-0.3, -0.25) is 4.90 Å². The highest BCUT2D eigenvalue weighted by atomic mass is 32.2. The molecule has 1 atom stereocenters. The van der Waals surface area contributed by atoms with Crippen LogP contribution in [-0.2, 0) is 21.6 Å². The summed E-state index contributed by atoms with van der Waals surface area (Å²) >= 11 is -1.86. The highest BCUT2D eigenvalue weighted by Gasteiger charge is 2.47. The summed E-state index contributed by atoms with van der Waals surface area (Å²) in [5.74, 6) is 0.0987. The van der Waals surface area contributed by atoms with E-state index in [9.17, 15) is 9.00 Å². The second-order valence-electron chi connectivity index (χ2n) is 6.20. The van der Waals surface area contributed by atoms with Gasteiger partial charge in [0, 0.05) is 31.6 Å². The minimum Gasteiger partial charge on any atom is -0.441 e. The summed E-state index contributed by atoms with van der Waals surface area (Å²) in [7, 11) is 0. The smallest absolute Gasteiger partial charge is 0.415 e. The predicted octanol–water partition coefficient (Wildman–Crippen LogP) is 2.22. The van der Waals surface area contributed by atoms with Gasteiger partial charge in [0.2, 0.25) is 0 Å². The van der Waals surface area contributed by atoms with Crippen LogP contribution in [0.3, 0.4) is 0 Å². The second-order valence-corrected chi connectivity index (χ2v) is 7.14. The number of anilines is 1. The van der Waals surface area contributed by atoms with Crippen LogP contribution >= 0.6 is 0 Å². The predicted molar refractivity (Wildman–Crippen MR) is 88.8 cm³/mol. The number of rotatable bonds is 4. The molecular formula is C16H22N2O4S. The summed E-state index contributed by atoms with van der Waals surface area (Å²) in [6, 6.07) is 7.18. The maximum atomic E-state index is 12.3. The molecule has 6 nitrogen and oxygen atoms in total. The molecule has 7 heteroatoms. The summed E-state index contributed by atoms with van der Waals surface area (Å²) in [6.07, 6.45) is 1.43. The number of hydrogen-bond donors (Lipinski definition) is 1. The maximum absolute atomic E-state index is 12.3. The van der Waals surface area contributed by atoms with E-state index in [1.54, 1.807) is 17.0 Å². The molecule has 2 heterocycles. The Kier molecular flexibility index (Phi) is 4.70. The molecule has 1 unspecified atom stereocenters. The molecule has 0 saturated carbocycles. The third-order valence-corrected chi connectivity index (χ3v) is 5.30. The first-order valence-corrected chi connectivity index (χ1v) is 9.18. The van der Waals surface area contributed by atoms with Gasteiger partial charge in [-0.2, -0.15) is 0 Å². The van der Waals surface area contributed by atoms with E-state index in [1.807, 2.05) is 12.1 Å². The van der Waals surface area contributed by atoms with Crippen molar-refractivity contribution in [3.05, 3.63) is 29.8 Å². The molecule has 1 amide bonds. The number of benzene rings is 1. The summed E-state index contributed by atoms with van der Waals surface area (Å²) in [4.78, 5) is 16.3. The number of carbonyl (C=O) groups is 1. The van der Waals surface area contributed by atoms with E-state index in [4.69, 9.17) is 9.29 Å². The Bertz CT molecular complexity index is 597. The summed E-state index contributed by atoms with van der Waals surface area (Å²) < 4.78 is 25.5. The van der Waals surface area contributed by atoms with Crippen molar-refractivity contribution in [1.29, 1.82) is 0 Å². The van der Waals surface area contributed by atoms with Gasteiger partial charge in [-0.15, -0.1) is 0 Å². The minimum atomic E-state index is -1.86. The first-order chi connectivity index (χ1) is 11.0. The Morgan fingerprint density at radius 3 is 2.48 bits per heavy atom. The summed E-state index contributed by atoms with van der Waals surface area (Å²) in [5.41, 5.74) is 1.18. The molecule has 1 aromatic carbocycles. The molecule has 126 valence electrons. The van der Waals surface area contributed by atoms with Crippen LogP contribution < -0.4 is 4.90 Å². The van der Waals surface area contributed by atoms with Crippen molar-refractivity contribution in [2.45, 2.75) is 31.1 Å². The Balaban J connectivity index is 1.69. The van der Waals surface area contributed by atoms with Gasteiger partial charge in [-0.25, -0.2) is 9.00 Å². The van der Waals surface area contributed by atoms with Crippen molar-refractivity contribution in [3.63, 3.8) is 0 Å². The van der Waals surface area contributed by atoms with Crippen LogP contribution in [0.1, 0.15) is 25.3 Å². The standard InChI is InChI=1S/C16H22N2O4S/c1-2-17-9-7-16(8-10-17)12-18(15(19)22-16)14-5-3-13(4-6-14)11-23(20)21/h3-6H,2,7-12H2,1H3,(H,20,21). The van der Waals surface area contributed by atoms with Gasteiger partial charge in [-0.05, 0) is 24.2 Å². The molecule has 2 saturated heterocycles. The Morgan fingerprint density at radius 2 is 1.91 bits per heavy atom. The average Bonchev–Trinajstić information content (AvgIpc) is 2.85. The summed E-state index contributed by atoms with van der Waals surface area (Å²) in [5, 5.41) is 0. The first-order valence-electron chi connectivity index (χ1n) is 7.91. The lowest BCUT2D eigenvalue weighted by atomic mass is 9.91. The zero-order chi connectivity index (χ0) is 16.4. The zero-order valence-corrected chi connectivity index (χ0v) is 14.1. The van der Waals surface area contributed by atoms with E-state index in [1.165, 1.54) is 0 Å². The molecule has 23 heavy (non-hydrogen) atoms. The summed E-state index contributed by atoms with van der Waals surface area (Å²) in [6.45, 7) is 5.67. The molecule has 0 bridgehead atoms. The molecule has 0 radical (unpaired) electrons. The third kappa shape index (κ3) is 3.57. The molecular weight excluding hydrogens is 316 g/mol. The number of piperidine rings is 1. The van der Waals surface area contributed by atoms with Crippen LogP contribution in [0.25, 0.3) is 0 Å². The van der Waals surface area contributed by atoms with Gasteiger partial charge < -0.3 is 14.2 Å². The van der Waals surface area contributed by atoms with Gasteiger partial charge in [-0.1, -0.05) is 19.1 Å². The van der Waals surface area contributed by atoms with Crippen molar-refractivity contribution in [3.8, 4) is 0 Å². The average molecular weight is 338 g/mol. The molecule has 1 spiro atoms. The molecule has 0 aromatic heterocycles. The number of hydrogen-bond acceptors (Lipinski definition) is 4. The van der Waals surface area contributed by atoms with Crippen molar-refractivity contribution in [2.24, 2.45) is 0 Å². The Labute approximate surface area is 138 Å². The fraction of sp³-hybridized carbons (Fsp3) is 0.562. The number of amides is 1. The van der Waals surface area contributed by atoms with Gasteiger partial charge in [0.25, 0.3) is 0 Å². The van der Waals surface area contributed by atoms with Gasteiger partial charge in [0.05, 0.1) is 12.3 Å². The quantitative estimate of drug-likeness (QED) is 0.853. The monoisotopic (exact) mass is 338 g/mol. The van der Waals surface area contributed by atoms with E-state index in [-0.39, 0.29) is 17.4 Å². The highest BCUT2D eigenvalue weighted by molar-refractivity contribution is 7.78. The largest absolute Gasteiger partial charge is 0.441 e. The molecule has 3 rings (SSSR count). The molecule has 1 N–H and O–H groups in total. The molecule has 2 fully saturated rings. The van der Waals surface area contributed by atoms with Crippen LogP contribution in [-0.4, -0.2) is 51.5 Å². The number of likely N-dealkylation sites (tertiary alicyclic amines) is 1. The fourth-order valence-corrected chi connectivity index (χ4v) is 3.75. The Hall–Kier alpha value is -1.44. The van der Waals surface area contributed by atoms with Crippen molar-refractivity contribution >= 4 is 22.9 Å². The van der Waals surface area contributed by atoms with E-state index < -0.39 is 11.1 Å². The van der Waals surface area contributed by atoms with Crippen molar-refractivity contribution < 1.29 is 18.3 Å². The van der Waals surface area contributed by atoms with Crippen molar-refractivity contribution in [2.75, 3.05) is 31.1 Å². The van der Waals surface area contributed by atoms with Crippen LogP contribution in [0.4, 0.5) is 10.5 Å². The van der Waals surface area contributed by atoms with E-state index in [0.29, 0.717) is 6.54 Å². The van der Waals surface area contributed by atoms with Crippen LogP contribution in [0.2, 0.25) is 0 Å². The normalized spacial score (nSPS) is 22.3. The SMILES string of the molecule is CCN1CCC2(CC1)CN(c1ccc(CS(=O)O)cc1)C(=O)O2. The maximum Gasteiger partial charge on any atom is 0.415 e. The zero-order valence-electron chi connectivity index (χ0n) is 13.2. The van der Waals surface area contributed by atoms with E-state index >= 15 is 0 Å². The highest BCUT2D eigenvalue weighted by Crippen LogP contribution is 2.35. The molecule has 1 aromatic rings. The third-order valence-electron chi connectivity index (χ3n) is 4.72. The number of ether oxygens (including phenoxy) is 1. The van der Waals surface area contributed by atoms with Gasteiger partial charge >= 0.3 is 6.09 Å².